The summed E-state index contributed by atoms with van der Waals surface area (Å²) in [7, 11) is 0. The van der Waals surface area contributed by atoms with Crippen LogP contribution in [0.3, 0.4) is 0 Å². The van der Waals surface area contributed by atoms with Crippen molar-refractivity contribution < 1.29 is 14.3 Å². The molecule has 0 aliphatic rings. The molecule has 1 amide bonds. The molecule has 0 fully saturated rings. The molecule has 1 rings (SSSR count). The molecule has 5 heteroatoms. The number of carbonyl (C=O) groups excluding carboxylic acids is 2. The maximum Gasteiger partial charge on any atom is 0.328 e. The number of benzene rings is 1. The number of nitrogens with one attached hydrogen (secondary N) is 1. The number of hydrogen-bond acceptors (Lipinski definition) is 3. The number of hydrogen-bond donors (Lipinski definition) is 1. The largest absolute Gasteiger partial charge is 0.464 e. The lowest BCUT2D eigenvalue weighted by molar-refractivity contribution is -0.145. The Morgan fingerprint density at radius 2 is 2.00 bits per heavy atom. The van der Waals surface area contributed by atoms with E-state index in [4.69, 9.17) is 16.3 Å². The summed E-state index contributed by atoms with van der Waals surface area (Å²) in [5, 5.41) is 2.62. The molecule has 1 aromatic rings. The van der Waals surface area contributed by atoms with Crippen molar-refractivity contribution in [2.75, 3.05) is 12.5 Å². The van der Waals surface area contributed by atoms with Gasteiger partial charge in [-0.15, -0.1) is 11.6 Å². The van der Waals surface area contributed by atoms with Crippen LogP contribution in [0.4, 0.5) is 0 Å². The van der Waals surface area contributed by atoms with E-state index >= 15 is 0 Å². The van der Waals surface area contributed by atoms with Gasteiger partial charge in [0.2, 0.25) is 0 Å². The lowest BCUT2D eigenvalue weighted by atomic mass is 10.1. The van der Waals surface area contributed by atoms with Crippen LogP contribution in [0.25, 0.3) is 0 Å². The van der Waals surface area contributed by atoms with E-state index in [1.165, 1.54) is 0 Å². The van der Waals surface area contributed by atoms with E-state index in [-0.39, 0.29) is 18.4 Å². The Morgan fingerprint density at radius 3 is 2.56 bits per heavy atom. The van der Waals surface area contributed by atoms with E-state index < -0.39 is 12.0 Å². The van der Waals surface area contributed by atoms with Gasteiger partial charge in [-0.05, 0) is 25.5 Å². The first-order valence-electron chi connectivity index (χ1n) is 5.77. The van der Waals surface area contributed by atoms with Gasteiger partial charge in [-0.1, -0.05) is 18.2 Å². The standard InChI is InChI=1S/C13H16ClNO3/c1-2-18-13(17)11(8-9-14)15-12(16)10-6-4-3-5-7-10/h3-7,11H,2,8-9H2,1H3,(H,15,16). The summed E-state index contributed by atoms with van der Waals surface area (Å²) in [5.74, 6) is -0.486. The quantitative estimate of drug-likeness (QED) is 0.635. The Bertz CT molecular complexity index is 394. The van der Waals surface area contributed by atoms with Gasteiger partial charge in [0.25, 0.3) is 5.91 Å². The maximum atomic E-state index is 11.9. The molecule has 0 radical (unpaired) electrons. The highest BCUT2D eigenvalue weighted by Crippen LogP contribution is 2.03. The molecule has 0 spiro atoms. The molecular formula is C13H16ClNO3. The number of amides is 1. The molecule has 4 nitrogen and oxygen atoms in total. The molecule has 0 aromatic heterocycles. The first kappa shape index (κ1) is 14.5. The monoisotopic (exact) mass is 269 g/mol. The first-order chi connectivity index (χ1) is 8.69. The zero-order chi connectivity index (χ0) is 13.4. The topological polar surface area (TPSA) is 55.4 Å². The van der Waals surface area contributed by atoms with Crippen LogP contribution >= 0.6 is 11.6 Å². The number of ether oxygens (including phenoxy) is 1. The summed E-state index contributed by atoms with van der Waals surface area (Å²) in [6, 6.07) is 8.00. The summed E-state index contributed by atoms with van der Waals surface area (Å²) in [6.07, 6.45) is 0.346. The Morgan fingerprint density at radius 1 is 1.33 bits per heavy atom. The van der Waals surface area contributed by atoms with Gasteiger partial charge in [0.05, 0.1) is 6.61 Å². The Kier molecular flexibility index (Phi) is 6.22. The highest BCUT2D eigenvalue weighted by Gasteiger charge is 2.21. The predicted molar refractivity (Wildman–Crippen MR) is 69.7 cm³/mol. The number of carbonyl (C=O) groups is 2. The Hall–Kier alpha value is -1.55. The summed E-state index contributed by atoms with van der Waals surface area (Å²) in [4.78, 5) is 23.5. The molecule has 0 heterocycles. The van der Waals surface area contributed by atoms with E-state index in [9.17, 15) is 9.59 Å². The second-order valence-electron chi connectivity index (χ2n) is 3.62. The molecule has 1 N–H and O–H groups in total. The van der Waals surface area contributed by atoms with Crippen molar-refractivity contribution in [2.24, 2.45) is 0 Å². The average molecular weight is 270 g/mol. The van der Waals surface area contributed by atoms with Gasteiger partial charge in [-0.3, -0.25) is 4.79 Å². The van der Waals surface area contributed by atoms with Crippen molar-refractivity contribution >= 4 is 23.5 Å². The van der Waals surface area contributed by atoms with Crippen LogP contribution in [0.2, 0.25) is 0 Å². The molecule has 0 saturated heterocycles. The fourth-order valence-electron chi connectivity index (χ4n) is 1.43. The van der Waals surface area contributed by atoms with Crippen LogP contribution in [-0.2, 0) is 9.53 Å². The van der Waals surface area contributed by atoms with Crippen molar-refractivity contribution in [1.82, 2.24) is 5.32 Å². The summed E-state index contributed by atoms with van der Waals surface area (Å²) in [5.41, 5.74) is 0.501. The molecule has 1 aromatic carbocycles. The molecule has 0 aliphatic heterocycles. The van der Waals surface area contributed by atoms with Gasteiger partial charge in [0, 0.05) is 11.4 Å². The predicted octanol–water partition coefficient (Wildman–Crippen LogP) is 1.98. The van der Waals surface area contributed by atoms with Crippen LogP contribution in [-0.4, -0.2) is 30.4 Å². The van der Waals surface area contributed by atoms with Crippen molar-refractivity contribution in [3.05, 3.63) is 35.9 Å². The number of rotatable bonds is 6. The van der Waals surface area contributed by atoms with E-state index in [1.807, 2.05) is 6.07 Å². The SMILES string of the molecule is CCOC(=O)C(CCCl)NC(=O)c1ccccc1. The van der Waals surface area contributed by atoms with Gasteiger partial charge in [0.1, 0.15) is 6.04 Å². The van der Waals surface area contributed by atoms with Crippen molar-refractivity contribution in [1.29, 1.82) is 0 Å². The van der Waals surface area contributed by atoms with E-state index in [2.05, 4.69) is 5.32 Å². The zero-order valence-electron chi connectivity index (χ0n) is 10.2. The second kappa shape index (κ2) is 7.71. The summed E-state index contributed by atoms with van der Waals surface area (Å²) < 4.78 is 4.88. The molecule has 18 heavy (non-hydrogen) atoms. The Labute approximate surface area is 111 Å². The minimum atomic E-state index is -0.699. The van der Waals surface area contributed by atoms with Crippen molar-refractivity contribution in [2.45, 2.75) is 19.4 Å². The zero-order valence-corrected chi connectivity index (χ0v) is 10.9. The summed E-state index contributed by atoms with van der Waals surface area (Å²) in [6.45, 7) is 1.99. The fraction of sp³-hybridized carbons (Fsp3) is 0.385. The Balaban J connectivity index is 2.66. The minimum absolute atomic E-state index is 0.276. The van der Waals surface area contributed by atoms with Gasteiger partial charge in [-0.2, -0.15) is 0 Å². The van der Waals surface area contributed by atoms with Gasteiger partial charge < -0.3 is 10.1 Å². The van der Waals surface area contributed by atoms with Gasteiger partial charge in [-0.25, -0.2) is 4.79 Å². The lowest BCUT2D eigenvalue weighted by Gasteiger charge is -2.16. The molecule has 0 aliphatic carbocycles. The van der Waals surface area contributed by atoms with Gasteiger partial charge in [0.15, 0.2) is 0 Å². The van der Waals surface area contributed by atoms with Crippen LogP contribution in [0.1, 0.15) is 23.7 Å². The molecule has 0 saturated carbocycles. The molecule has 0 bridgehead atoms. The van der Waals surface area contributed by atoms with Crippen LogP contribution in [0.5, 0.6) is 0 Å². The highest BCUT2D eigenvalue weighted by molar-refractivity contribution is 6.18. The molecular weight excluding hydrogens is 254 g/mol. The van der Waals surface area contributed by atoms with E-state index in [1.54, 1.807) is 31.2 Å². The normalized spacial score (nSPS) is 11.7. The third-order valence-electron chi connectivity index (χ3n) is 2.31. The number of alkyl halides is 1. The minimum Gasteiger partial charge on any atom is -0.464 e. The van der Waals surface area contributed by atoms with Crippen molar-refractivity contribution in [3.8, 4) is 0 Å². The fourth-order valence-corrected chi connectivity index (χ4v) is 1.65. The average Bonchev–Trinajstić information content (AvgIpc) is 2.39. The summed E-state index contributed by atoms with van der Waals surface area (Å²) >= 11 is 5.61. The maximum absolute atomic E-state index is 11.9. The highest BCUT2D eigenvalue weighted by atomic mass is 35.5. The third-order valence-corrected chi connectivity index (χ3v) is 2.53. The van der Waals surface area contributed by atoms with Crippen LogP contribution in [0, 0.1) is 0 Å². The molecule has 1 unspecified atom stereocenters. The third kappa shape index (κ3) is 4.37. The molecule has 98 valence electrons. The number of esters is 1. The van der Waals surface area contributed by atoms with Crippen LogP contribution < -0.4 is 5.32 Å². The number of halogens is 1. The van der Waals surface area contributed by atoms with Crippen LogP contribution in [0.15, 0.2) is 30.3 Å². The second-order valence-corrected chi connectivity index (χ2v) is 4.00. The molecule has 1 atom stereocenters. The van der Waals surface area contributed by atoms with E-state index in [0.29, 0.717) is 12.0 Å². The van der Waals surface area contributed by atoms with E-state index in [0.717, 1.165) is 0 Å². The van der Waals surface area contributed by atoms with Gasteiger partial charge >= 0.3 is 5.97 Å². The first-order valence-corrected chi connectivity index (χ1v) is 6.31. The lowest BCUT2D eigenvalue weighted by Crippen LogP contribution is -2.42. The smallest absolute Gasteiger partial charge is 0.328 e. The van der Waals surface area contributed by atoms with Crippen molar-refractivity contribution in [3.63, 3.8) is 0 Å².